The number of aromatic nitrogens is 1. The van der Waals surface area contributed by atoms with Gasteiger partial charge in [0.1, 0.15) is 0 Å². The Kier molecular flexibility index (Phi) is 3.62. The smallest absolute Gasteiger partial charge is 0.0626 e. The van der Waals surface area contributed by atoms with E-state index in [1.807, 2.05) is 0 Å². The number of benzene rings is 1. The average Bonchev–Trinajstić information content (AvgIpc) is 2.68. The summed E-state index contributed by atoms with van der Waals surface area (Å²) in [6.07, 6.45) is 2.19. The van der Waals surface area contributed by atoms with Crippen molar-refractivity contribution in [1.82, 2.24) is 4.57 Å². The number of para-hydroxylation sites is 1. The number of hydrogen-bond donors (Lipinski definition) is 1. The molecule has 1 atom stereocenters. The Morgan fingerprint density at radius 1 is 1.28 bits per heavy atom. The van der Waals surface area contributed by atoms with Crippen molar-refractivity contribution < 1.29 is 0 Å². The van der Waals surface area contributed by atoms with Gasteiger partial charge in [0.15, 0.2) is 0 Å². The van der Waals surface area contributed by atoms with E-state index in [-0.39, 0.29) is 0 Å². The number of fused-ring (bicyclic) bond motifs is 1. The molecule has 0 saturated carbocycles. The summed E-state index contributed by atoms with van der Waals surface area (Å²) in [5.74, 6) is 0.541. The van der Waals surface area contributed by atoms with Crippen LogP contribution in [0, 0.1) is 5.92 Å². The van der Waals surface area contributed by atoms with Crippen LogP contribution < -0.4 is 10.6 Å². The first-order valence-corrected chi connectivity index (χ1v) is 6.53. The zero-order chi connectivity index (χ0) is 13.3. The van der Waals surface area contributed by atoms with Gasteiger partial charge in [-0.3, -0.25) is 0 Å². The molecule has 3 heteroatoms. The molecule has 0 bridgehead atoms. The van der Waals surface area contributed by atoms with Crippen molar-refractivity contribution in [2.45, 2.75) is 19.9 Å². The highest BCUT2D eigenvalue weighted by atomic mass is 15.2. The summed E-state index contributed by atoms with van der Waals surface area (Å²) in [6, 6.07) is 8.87. The van der Waals surface area contributed by atoms with E-state index in [9.17, 15) is 0 Å². The minimum absolute atomic E-state index is 0.371. The van der Waals surface area contributed by atoms with E-state index in [1.165, 1.54) is 16.6 Å². The summed E-state index contributed by atoms with van der Waals surface area (Å²) in [7, 11) is 4.23. The van der Waals surface area contributed by atoms with Gasteiger partial charge in [0.05, 0.1) is 5.69 Å². The molecule has 1 aromatic carbocycles. The Morgan fingerprint density at radius 3 is 2.56 bits per heavy atom. The minimum Gasteiger partial charge on any atom is -0.368 e. The van der Waals surface area contributed by atoms with Gasteiger partial charge in [-0.25, -0.2) is 0 Å². The van der Waals surface area contributed by atoms with Gasteiger partial charge in [-0.1, -0.05) is 32.0 Å². The number of nitrogens with two attached hydrogens (primary N) is 1. The van der Waals surface area contributed by atoms with Crippen molar-refractivity contribution in [2.24, 2.45) is 18.7 Å². The summed E-state index contributed by atoms with van der Waals surface area (Å²) < 4.78 is 2.18. The SMILES string of the molecule is CC(C)C(CN)N(C)c1cn(C)c2ccccc12. The lowest BCUT2D eigenvalue weighted by Crippen LogP contribution is -2.41. The molecule has 2 N–H and O–H groups in total. The molecule has 0 fully saturated rings. The molecule has 2 rings (SSSR count). The fourth-order valence-corrected chi connectivity index (χ4v) is 2.66. The standard InChI is InChI=1S/C15H23N3/c1-11(2)14(9-16)18(4)15-10-17(3)13-8-6-5-7-12(13)15/h5-8,10-11,14H,9,16H2,1-4H3. The van der Waals surface area contributed by atoms with Gasteiger partial charge in [-0.05, 0) is 12.0 Å². The van der Waals surface area contributed by atoms with Crippen LogP contribution in [-0.2, 0) is 7.05 Å². The highest BCUT2D eigenvalue weighted by Crippen LogP contribution is 2.29. The molecule has 1 unspecified atom stereocenters. The Bertz CT molecular complexity index is 528. The topological polar surface area (TPSA) is 34.2 Å². The van der Waals surface area contributed by atoms with Gasteiger partial charge in [-0.15, -0.1) is 0 Å². The quantitative estimate of drug-likeness (QED) is 0.898. The molecule has 0 aliphatic heterocycles. The molecule has 3 nitrogen and oxygen atoms in total. The van der Waals surface area contributed by atoms with Crippen LogP contribution in [0.5, 0.6) is 0 Å². The maximum atomic E-state index is 5.91. The molecule has 2 aromatic rings. The number of rotatable bonds is 4. The van der Waals surface area contributed by atoms with Crippen LogP contribution in [0.2, 0.25) is 0 Å². The van der Waals surface area contributed by atoms with Crippen molar-refractivity contribution in [3.63, 3.8) is 0 Å². The molecule has 1 aromatic heterocycles. The molecule has 0 radical (unpaired) electrons. The summed E-state index contributed by atoms with van der Waals surface area (Å²) >= 11 is 0. The molecule has 1 heterocycles. The molecular weight excluding hydrogens is 222 g/mol. The number of likely N-dealkylation sites (N-methyl/N-ethyl adjacent to an activating group) is 1. The maximum absolute atomic E-state index is 5.91. The Labute approximate surface area is 109 Å². The van der Waals surface area contributed by atoms with Crippen molar-refractivity contribution in [1.29, 1.82) is 0 Å². The highest BCUT2D eigenvalue weighted by Gasteiger charge is 2.20. The third kappa shape index (κ3) is 2.10. The zero-order valence-corrected chi connectivity index (χ0v) is 11.7. The van der Waals surface area contributed by atoms with Gasteiger partial charge in [0, 0.05) is 43.8 Å². The van der Waals surface area contributed by atoms with Crippen LogP contribution >= 0.6 is 0 Å². The van der Waals surface area contributed by atoms with E-state index < -0.39 is 0 Å². The van der Waals surface area contributed by atoms with Crippen LogP contribution in [0.25, 0.3) is 10.9 Å². The molecule has 0 aliphatic rings. The molecule has 18 heavy (non-hydrogen) atoms. The molecule has 0 spiro atoms. The van der Waals surface area contributed by atoms with Crippen LogP contribution in [-0.4, -0.2) is 24.2 Å². The zero-order valence-electron chi connectivity index (χ0n) is 11.7. The first-order valence-electron chi connectivity index (χ1n) is 6.53. The van der Waals surface area contributed by atoms with Gasteiger partial charge in [0.25, 0.3) is 0 Å². The number of nitrogens with zero attached hydrogens (tertiary/aromatic N) is 2. The second kappa shape index (κ2) is 5.02. The van der Waals surface area contributed by atoms with E-state index in [0.717, 1.165) is 0 Å². The summed E-state index contributed by atoms with van der Waals surface area (Å²) in [5, 5.41) is 1.29. The molecule has 0 aliphatic carbocycles. The van der Waals surface area contributed by atoms with Gasteiger partial charge in [-0.2, -0.15) is 0 Å². The van der Waals surface area contributed by atoms with E-state index in [0.29, 0.717) is 18.5 Å². The second-order valence-electron chi connectivity index (χ2n) is 5.30. The monoisotopic (exact) mass is 245 g/mol. The lowest BCUT2D eigenvalue weighted by Gasteiger charge is -2.31. The molecule has 0 amide bonds. The Balaban J connectivity index is 2.47. The summed E-state index contributed by atoms with van der Waals surface area (Å²) in [4.78, 5) is 2.31. The molecule has 0 saturated heterocycles. The minimum atomic E-state index is 0.371. The maximum Gasteiger partial charge on any atom is 0.0626 e. The Morgan fingerprint density at radius 2 is 1.94 bits per heavy atom. The van der Waals surface area contributed by atoms with Gasteiger partial charge < -0.3 is 15.2 Å². The van der Waals surface area contributed by atoms with Crippen molar-refractivity contribution in [2.75, 3.05) is 18.5 Å². The van der Waals surface area contributed by atoms with Crippen molar-refractivity contribution in [3.8, 4) is 0 Å². The lowest BCUT2D eigenvalue weighted by atomic mass is 10.0. The number of aryl methyl sites for hydroxylation is 1. The summed E-state index contributed by atoms with van der Waals surface area (Å²) in [6.45, 7) is 5.12. The van der Waals surface area contributed by atoms with Gasteiger partial charge in [0.2, 0.25) is 0 Å². The fourth-order valence-electron chi connectivity index (χ4n) is 2.66. The second-order valence-corrected chi connectivity index (χ2v) is 5.30. The first kappa shape index (κ1) is 13.0. The van der Waals surface area contributed by atoms with Crippen LogP contribution in [0.1, 0.15) is 13.8 Å². The van der Waals surface area contributed by atoms with E-state index in [4.69, 9.17) is 5.73 Å². The number of hydrogen-bond acceptors (Lipinski definition) is 2. The van der Waals surface area contributed by atoms with E-state index >= 15 is 0 Å². The first-order chi connectivity index (χ1) is 8.56. The van der Waals surface area contributed by atoms with Crippen LogP contribution in [0.15, 0.2) is 30.5 Å². The summed E-state index contributed by atoms with van der Waals surface area (Å²) in [5.41, 5.74) is 8.44. The molecule has 98 valence electrons. The van der Waals surface area contributed by atoms with E-state index in [2.05, 4.69) is 67.9 Å². The average molecular weight is 245 g/mol. The number of anilines is 1. The lowest BCUT2D eigenvalue weighted by molar-refractivity contribution is 0.480. The van der Waals surface area contributed by atoms with Crippen LogP contribution in [0.4, 0.5) is 5.69 Å². The largest absolute Gasteiger partial charge is 0.368 e. The van der Waals surface area contributed by atoms with Gasteiger partial charge >= 0.3 is 0 Å². The van der Waals surface area contributed by atoms with Crippen molar-refractivity contribution in [3.05, 3.63) is 30.5 Å². The van der Waals surface area contributed by atoms with Crippen molar-refractivity contribution >= 4 is 16.6 Å². The van der Waals surface area contributed by atoms with Crippen LogP contribution in [0.3, 0.4) is 0 Å². The fraction of sp³-hybridized carbons (Fsp3) is 0.467. The Hall–Kier alpha value is -1.48. The molecular formula is C15H23N3. The predicted octanol–water partition coefficient (Wildman–Crippen LogP) is 2.60. The predicted molar refractivity (Wildman–Crippen MR) is 79.0 cm³/mol. The van der Waals surface area contributed by atoms with E-state index in [1.54, 1.807) is 0 Å². The normalized spacial score (nSPS) is 13.2. The highest BCUT2D eigenvalue weighted by molar-refractivity contribution is 5.93. The third-order valence-electron chi connectivity index (χ3n) is 3.76. The third-order valence-corrected chi connectivity index (χ3v) is 3.76.